The predicted molar refractivity (Wildman–Crippen MR) is 53.4 cm³/mol. The van der Waals surface area contributed by atoms with Gasteiger partial charge in [0.05, 0.1) is 0 Å². The Morgan fingerprint density at radius 2 is 2.31 bits per heavy atom. The topological polar surface area (TPSA) is 89.6 Å². The zero-order valence-corrected chi connectivity index (χ0v) is 8.84. The summed E-state index contributed by atoms with van der Waals surface area (Å²) in [5.41, 5.74) is 1.49. The monoisotopic (exact) mass is 222 g/mol. The highest BCUT2D eigenvalue weighted by Crippen LogP contribution is 2.19. The number of carbonyl (C=O) groups is 1. The van der Waals surface area contributed by atoms with Crippen LogP contribution in [0.15, 0.2) is 6.33 Å². The summed E-state index contributed by atoms with van der Waals surface area (Å²) >= 11 is 0. The van der Waals surface area contributed by atoms with Crippen LogP contribution in [0.1, 0.15) is 11.3 Å². The Morgan fingerprint density at radius 3 is 3.00 bits per heavy atom. The fraction of sp³-hybridized carbons (Fsp3) is 0.333. The Morgan fingerprint density at radius 1 is 1.56 bits per heavy atom. The van der Waals surface area contributed by atoms with Crippen LogP contribution in [0.25, 0.3) is 5.78 Å². The smallest absolute Gasteiger partial charge is 0.341 e. The number of nitrogens with zero attached hydrogens (tertiary/aromatic N) is 4. The van der Waals surface area contributed by atoms with Crippen LogP contribution in [0.4, 0.5) is 0 Å². The van der Waals surface area contributed by atoms with Crippen molar-refractivity contribution in [2.75, 3.05) is 6.61 Å². The molecule has 0 atom stereocenters. The molecule has 0 aliphatic carbocycles. The molecule has 0 radical (unpaired) electrons. The van der Waals surface area contributed by atoms with Crippen molar-refractivity contribution in [3.63, 3.8) is 0 Å². The zero-order chi connectivity index (χ0) is 11.7. The van der Waals surface area contributed by atoms with E-state index in [4.69, 9.17) is 9.84 Å². The first-order valence-electron chi connectivity index (χ1n) is 4.61. The highest BCUT2D eigenvalue weighted by molar-refractivity contribution is 5.68. The van der Waals surface area contributed by atoms with Crippen molar-refractivity contribution in [2.45, 2.75) is 13.8 Å². The lowest BCUT2D eigenvalue weighted by Gasteiger charge is -2.09. The number of carboxylic acids is 1. The SMILES string of the molecule is Cc1nc2ncnn2c(OCC(=O)O)c1C. The highest BCUT2D eigenvalue weighted by Gasteiger charge is 2.13. The average Bonchev–Trinajstić information content (AvgIpc) is 2.65. The summed E-state index contributed by atoms with van der Waals surface area (Å²) in [4.78, 5) is 18.6. The van der Waals surface area contributed by atoms with Gasteiger partial charge >= 0.3 is 5.97 Å². The Hall–Kier alpha value is -2.18. The maximum atomic E-state index is 10.5. The van der Waals surface area contributed by atoms with Gasteiger partial charge in [-0.25, -0.2) is 9.78 Å². The Balaban J connectivity index is 2.51. The van der Waals surface area contributed by atoms with Crippen molar-refractivity contribution >= 4 is 11.7 Å². The lowest BCUT2D eigenvalue weighted by atomic mass is 10.2. The molecule has 7 heteroatoms. The molecule has 0 saturated heterocycles. The lowest BCUT2D eigenvalue weighted by Crippen LogP contribution is -2.13. The predicted octanol–water partition coefficient (Wildman–Crippen LogP) is 0.205. The van der Waals surface area contributed by atoms with Crippen molar-refractivity contribution in [3.05, 3.63) is 17.6 Å². The van der Waals surface area contributed by atoms with Gasteiger partial charge in [0, 0.05) is 11.3 Å². The van der Waals surface area contributed by atoms with E-state index < -0.39 is 12.6 Å². The summed E-state index contributed by atoms with van der Waals surface area (Å²) in [5.74, 6) is -0.284. The molecule has 0 aliphatic rings. The molecule has 2 aromatic rings. The molecule has 7 nitrogen and oxygen atoms in total. The number of hydrogen-bond acceptors (Lipinski definition) is 5. The van der Waals surface area contributed by atoms with E-state index in [2.05, 4.69) is 15.1 Å². The Labute approximate surface area is 90.7 Å². The zero-order valence-electron chi connectivity index (χ0n) is 8.84. The van der Waals surface area contributed by atoms with Crippen LogP contribution in [0, 0.1) is 13.8 Å². The normalized spacial score (nSPS) is 10.6. The van der Waals surface area contributed by atoms with Crippen molar-refractivity contribution in [1.29, 1.82) is 0 Å². The average molecular weight is 222 g/mol. The molecule has 0 aliphatic heterocycles. The van der Waals surface area contributed by atoms with Crippen LogP contribution in [-0.2, 0) is 4.79 Å². The highest BCUT2D eigenvalue weighted by atomic mass is 16.5. The van der Waals surface area contributed by atoms with E-state index in [-0.39, 0.29) is 0 Å². The molecule has 0 spiro atoms. The van der Waals surface area contributed by atoms with E-state index in [1.807, 2.05) is 0 Å². The third kappa shape index (κ3) is 1.67. The lowest BCUT2D eigenvalue weighted by molar-refractivity contribution is -0.139. The molecular weight excluding hydrogens is 212 g/mol. The van der Waals surface area contributed by atoms with Crippen LogP contribution in [0.2, 0.25) is 0 Å². The standard InChI is InChI=1S/C9H10N4O3/c1-5-6(2)12-9-10-4-11-13(9)8(5)16-3-7(14)15/h4H,3H2,1-2H3,(H,14,15). The van der Waals surface area contributed by atoms with Crippen LogP contribution in [-0.4, -0.2) is 37.3 Å². The van der Waals surface area contributed by atoms with Crippen molar-refractivity contribution < 1.29 is 14.6 Å². The van der Waals surface area contributed by atoms with Crippen molar-refractivity contribution in [2.24, 2.45) is 0 Å². The summed E-state index contributed by atoms with van der Waals surface area (Å²) in [6, 6.07) is 0. The Kier molecular flexibility index (Phi) is 2.43. The van der Waals surface area contributed by atoms with Crippen molar-refractivity contribution in [3.8, 4) is 5.88 Å². The summed E-state index contributed by atoms with van der Waals surface area (Å²) < 4.78 is 6.55. The maximum absolute atomic E-state index is 10.5. The maximum Gasteiger partial charge on any atom is 0.341 e. The first kappa shape index (κ1) is 10.3. The Bertz CT molecular complexity index is 549. The van der Waals surface area contributed by atoms with Crippen LogP contribution in [0.5, 0.6) is 5.88 Å². The number of rotatable bonds is 3. The van der Waals surface area contributed by atoms with E-state index in [1.54, 1.807) is 13.8 Å². The second-order valence-corrected chi connectivity index (χ2v) is 3.28. The van der Waals surface area contributed by atoms with Gasteiger partial charge in [-0.2, -0.15) is 14.6 Å². The molecule has 0 fully saturated rings. The van der Waals surface area contributed by atoms with Crippen molar-refractivity contribution in [1.82, 2.24) is 19.6 Å². The molecule has 2 heterocycles. The van der Waals surface area contributed by atoms with E-state index in [0.717, 1.165) is 11.3 Å². The van der Waals surface area contributed by atoms with Gasteiger partial charge in [0.2, 0.25) is 5.88 Å². The van der Waals surface area contributed by atoms with Gasteiger partial charge in [0.1, 0.15) is 6.33 Å². The molecule has 84 valence electrons. The van der Waals surface area contributed by atoms with Crippen LogP contribution >= 0.6 is 0 Å². The van der Waals surface area contributed by atoms with Gasteiger partial charge in [-0.15, -0.1) is 0 Å². The van der Waals surface area contributed by atoms with Crippen LogP contribution in [0.3, 0.4) is 0 Å². The number of carboxylic acid groups (broad SMARTS) is 1. The van der Waals surface area contributed by atoms with E-state index in [1.165, 1.54) is 10.8 Å². The van der Waals surface area contributed by atoms with Gasteiger partial charge in [-0.1, -0.05) is 0 Å². The quantitative estimate of drug-likeness (QED) is 0.798. The molecule has 0 saturated carbocycles. The fourth-order valence-corrected chi connectivity index (χ4v) is 1.30. The largest absolute Gasteiger partial charge is 0.479 e. The minimum absolute atomic E-state index is 0.363. The minimum Gasteiger partial charge on any atom is -0.479 e. The third-order valence-corrected chi connectivity index (χ3v) is 2.19. The summed E-state index contributed by atoms with van der Waals surface area (Å²) in [6.07, 6.45) is 1.34. The van der Waals surface area contributed by atoms with Gasteiger partial charge in [-0.3, -0.25) is 0 Å². The molecular formula is C9H10N4O3. The van der Waals surface area contributed by atoms with Gasteiger partial charge in [-0.05, 0) is 13.8 Å². The van der Waals surface area contributed by atoms with E-state index in [9.17, 15) is 4.79 Å². The molecule has 2 aromatic heterocycles. The number of ether oxygens (including phenoxy) is 1. The van der Waals surface area contributed by atoms with E-state index in [0.29, 0.717) is 11.7 Å². The molecule has 2 rings (SSSR count). The molecule has 0 unspecified atom stereocenters. The second-order valence-electron chi connectivity index (χ2n) is 3.28. The van der Waals surface area contributed by atoms with Crippen LogP contribution < -0.4 is 4.74 Å². The number of hydrogen-bond donors (Lipinski definition) is 1. The molecule has 1 N–H and O–H groups in total. The first-order valence-corrected chi connectivity index (χ1v) is 4.61. The number of fused-ring (bicyclic) bond motifs is 1. The molecule has 16 heavy (non-hydrogen) atoms. The third-order valence-electron chi connectivity index (χ3n) is 2.19. The first-order chi connectivity index (χ1) is 7.59. The van der Waals surface area contributed by atoms with E-state index >= 15 is 0 Å². The fourth-order valence-electron chi connectivity index (χ4n) is 1.30. The van der Waals surface area contributed by atoms with Gasteiger partial charge in [0.25, 0.3) is 5.78 Å². The second kappa shape index (κ2) is 3.76. The molecule has 0 aromatic carbocycles. The summed E-state index contributed by atoms with van der Waals surface area (Å²) in [6.45, 7) is 3.18. The van der Waals surface area contributed by atoms with Gasteiger partial charge in [0.15, 0.2) is 6.61 Å². The molecule has 0 bridgehead atoms. The molecule has 0 amide bonds. The number of aromatic nitrogens is 4. The number of aryl methyl sites for hydroxylation is 1. The minimum atomic E-state index is -1.04. The number of aliphatic carboxylic acids is 1. The summed E-state index contributed by atoms with van der Waals surface area (Å²) in [7, 11) is 0. The summed E-state index contributed by atoms with van der Waals surface area (Å²) in [5, 5.41) is 12.5. The van der Waals surface area contributed by atoms with Gasteiger partial charge < -0.3 is 9.84 Å².